The van der Waals surface area contributed by atoms with Crippen molar-refractivity contribution in [1.29, 1.82) is 0 Å². The molecular formula is C48H35N3O2. The van der Waals surface area contributed by atoms with Crippen LogP contribution in [0.1, 0.15) is 41.9 Å². The number of allylic oxidation sites excluding steroid dienone is 2. The van der Waals surface area contributed by atoms with Gasteiger partial charge in [0.1, 0.15) is 22.5 Å². The average Bonchev–Trinajstić information content (AvgIpc) is 3.74. The van der Waals surface area contributed by atoms with Crippen LogP contribution in [0.15, 0.2) is 136 Å². The third kappa shape index (κ3) is 5.11. The highest BCUT2D eigenvalue weighted by Gasteiger charge is 2.27. The number of nitrogens with zero attached hydrogens (tertiary/aromatic N) is 3. The van der Waals surface area contributed by atoms with E-state index in [0.717, 1.165) is 72.9 Å². The topological polar surface area (TPSA) is 65.0 Å². The Morgan fingerprint density at radius 3 is 2.25 bits per heavy atom. The molecule has 0 fully saturated rings. The molecule has 6 aromatic carbocycles. The molecule has 0 aliphatic heterocycles. The van der Waals surface area contributed by atoms with Crippen molar-refractivity contribution in [3.8, 4) is 34.2 Å². The Morgan fingerprint density at radius 1 is 0.642 bits per heavy atom. The lowest BCUT2D eigenvalue weighted by Gasteiger charge is -2.26. The highest BCUT2D eigenvalue weighted by atomic mass is 16.3. The third-order valence-corrected chi connectivity index (χ3v) is 10.7. The van der Waals surface area contributed by atoms with Crippen LogP contribution in [-0.4, -0.2) is 15.0 Å². The van der Waals surface area contributed by atoms with Crippen LogP contribution in [0.3, 0.4) is 0 Å². The van der Waals surface area contributed by atoms with Crippen molar-refractivity contribution in [2.45, 2.75) is 27.2 Å². The maximum atomic E-state index is 6.50. The molecule has 1 aliphatic rings. The fourth-order valence-electron chi connectivity index (χ4n) is 8.09. The zero-order valence-electron chi connectivity index (χ0n) is 29.7. The Balaban J connectivity index is 1.27. The lowest BCUT2D eigenvalue weighted by Crippen LogP contribution is -2.11. The Morgan fingerprint density at radius 2 is 1.40 bits per heavy atom. The number of benzene rings is 6. The van der Waals surface area contributed by atoms with E-state index in [4.69, 9.17) is 23.8 Å². The first-order valence-electron chi connectivity index (χ1n) is 18.2. The zero-order valence-corrected chi connectivity index (χ0v) is 29.7. The van der Waals surface area contributed by atoms with Gasteiger partial charge in [-0.2, -0.15) is 0 Å². The van der Waals surface area contributed by atoms with E-state index in [1.807, 2.05) is 67.6 Å². The van der Waals surface area contributed by atoms with Gasteiger partial charge in [0.15, 0.2) is 17.5 Å². The third-order valence-electron chi connectivity index (χ3n) is 10.7. The van der Waals surface area contributed by atoms with Gasteiger partial charge in [-0.15, -0.1) is 0 Å². The molecule has 5 nitrogen and oxygen atoms in total. The summed E-state index contributed by atoms with van der Waals surface area (Å²) in [4.78, 5) is 15.7. The second-order valence-electron chi connectivity index (χ2n) is 14.0. The Hall–Kier alpha value is -6.59. The van der Waals surface area contributed by atoms with E-state index in [9.17, 15) is 0 Å². The van der Waals surface area contributed by atoms with E-state index >= 15 is 0 Å². The van der Waals surface area contributed by atoms with Gasteiger partial charge in [0.05, 0.1) is 0 Å². The largest absolute Gasteiger partial charge is 0.456 e. The SMILES string of the molecule is C/C=C\c1oc2cc(-c3nc(-c4ccccc4)nc(-c4c(C5=Cc6c(ccc7ccccc67)CC5C)ccc5oc6ccccc6c45)n3)ccc2c1C. The predicted octanol–water partition coefficient (Wildman–Crippen LogP) is 12.7. The quantitative estimate of drug-likeness (QED) is 0.180. The van der Waals surface area contributed by atoms with Crippen molar-refractivity contribution in [2.24, 2.45) is 5.92 Å². The average molecular weight is 686 g/mol. The van der Waals surface area contributed by atoms with Gasteiger partial charge in [-0.1, -0.05) is 116 Å². The molecule has 53 heavy (non-hydrogen) atoms. The van der Waals surface area contributed by atoms with Crippen molar-refractivity contribution in [3.63, 3.8) is 0 Å². The van der Waals surface area contributed by atoms with E-state index in [2.05, 4.69) is 92.7 Å². The smallest absolute Gasteiger partial charge is 0.165 e. The number of furan rings is 2. The molecular weight excluding hydrogens is 651 g/mol. The van der Waals surface area contributed by atoms with E-state index in [0.29, 0.717) is 17.5 Å². The number of hydrogen-bond acceptors (Lipinski definition) is 5. The minimum atomic E-state index is 0.254. The minimum absolute atomic E-state index is 0.254. The zero-order chi connectivity index (χ0) is 35.6. The molecule has 0 saturated carbocycles. The summed E-state index contributed by atoms with van der Waals surface area (Å²) in [5, 5.41) is 5.60. The van der Waals surface area contributed by atoms with E-state index < -0.39 is 0 Å². The van der Waals surface area contributed by atoms with Crippen molar-refractivity contribution in [1.82, 2.24) is 15.0 Å². The first-order valence-corrected chi connectivity index (χ1v) is 18.2. The lowest BCUT2D eigenvalue weighted by atomic mass is 9.78. The fourth-order valence-corrected chi connectivity index (χ4v) is 8.09. The van der Waals surface area contributed by atoms with E-state index in [1.165, 1.54) is 27.5 Å². The Kier molecular flexibility index (Phi) is 7.22. The number of aromatic nitrogens is 3. The maximum absolute atomic E-state index is 6.50. The summed E-state index contributed by atoms with van der Waals surface area (Å²) in [6.07, 6.45) is 7.33. The molecule has 0 amide bonds. The van der Waals surface area contributed by atoms with Gasteiger partial charge in [0, 0.05) is 38.4 Å². The van der Waals surface area contributed by atoms with E-state index in [-0.39, 0.29) is 5.92 Å². The normalized spacial score (nSPS) is 14.5. The maximum Gasteiger partial charge on any atom is 0.165 e. The molecule has 10 rings (SSSR count). The van der Waals surface area contributed by atoms with Gasteiger partial charge in [0.25, 0.3) is 0 Å². The molecule has 0 spiro atoms. The van der Waals surface area contributed by atoms with Gasteiger partial charge in [-0.05, 0) is 89.6 Å². The number of rotatable bonds is 5. The molecule has 0 radical (unpaired) electrons. The second kappa shape index (κ2) is 12.3. The first-order chi connectivity index (χ1) is 26.0. The van der Waals surface area contributed by atoms with Crippen LogP contribution >= 0.6 is 0 Å². The van der Waals surface area contributed by atoms with Crippen LogP contribution in [0.4, 0.5) is 0 Å². The summed E-state index contributed by atoms with van der Waals surface area (Å²) in [7, 11) is 0. The summed E-state index contributed by atoms with van der Waals surface area (Å²) in [6, 6.07) is 42.1. The van der Waals surface area contributed by atoms with Crippen molar-refractivity contribution in [2.75, 3.05) is 0 Å². The highest BCUT2D eigenvalue weighted by molar-refractivity contribution is 6.15. The first kappa shape index (κ1) is 31.2. The van der Waals surface area contributed by atoms with Crippen LogP contribution in [-0.2, 0) is 6.42 Å². The summed E-state index contributed by atoms with van der Waals surface area (Å²) in [5.41, 5.74) is 11.2. The molecule has 5 heteroatoms. The van der Waals surface area contributed by atoms with Crippen LogP contribution < -0.4 is 0 Å². The van der Waals surface area contributed by atoms with Crippen LogP contribution in [0.25, 0.3) is 95.6 Å². The van der Waals surface area contributed by atoms with Gasteiger partial charge in [0.2, 0.25) is 0 Å². The molecule has 1 aliphatic carbocycles. The molecule has 9 aromatic rings. The molecule has 1 atom stereocenters. The van der Waals surface area contributed by atoms with Crippen molar-refractivity contribution >= 4 is 61.4 Å². The van der Waals surface area contributed by atoms with Gasteiger partial charge < -0.3 is 8.83 Å². The summed E-state index contributed by atoms with van der Waals surface area (Å²) >= 11 is 0. The molecule has 0 saturated heterocycles. The van der Waals surface area contributed by atoms with Gasteiger partial charge >= 0.3 is 0 Å². The van der Waals surface area contributed by atoms with Gasteiger partial charge in [-0.25, -0.2) is 15.0 Å². The van der Waals surface area contributed by atoms with Crippen LogP contribution in [0.2, 0.25) is 0 Å². The molecule has 1 unspecified atom stereocenters. The second-order valence-corrected chi connectivity index (χ2v) is 14.0. The summed E-state index contributed by atoms with van der Waals surface area (Å²) in [5.74, 6) is 2.89. The predicted molar refractivity (Wildman–Crippen MR) is 217 cm³/mol. The molecule has 0 N–H and O–H groups in total. The Bertz CT molecular complexity index is 2960. The molecule has 3 aromatic heterocycles. The van der Waals surface area contributed by atoms with Crippen molar-refractivity contribution < 1.29 is 8.83 Å². The summed E-state index contributed by atoms with van der Waals surface area (Å²) in [6.45, 7) is 6.41. The molecule has 254 valence electrons. The van der Waals surface area contributed by atoms with E-state index in [1.54, 1.807) is 0 Å². The van der Waals surface area contributed by atoms with Crippen LogP contribution in [0, 0.1) is 12.8 Å². The number of fused-ring (bicyclic) bond motifs is 7. The number of hydrogen-bond donors (Lipinski definition) is 0. The lowest BCUT2D eigenvalue weighted by molar-refractivity contribution is 0.601. The minimum Gasteiger partial charge on any atom is -0.456 e. The van der Waals surface area contributed by atoms with Gasteiger partial charge in [-0.3, -0.25) is 0 Å². The molecule has 3 heterocycles. The van der Waals surface area contributed by atoms with Crippen molar-refractivity contribution in [3.05, 3.63) is 155 Å². The Labute approximate surface area is 307 Å². The van der Waals surface area contributed by atoms with Crippen LogP contribution in [0.5, 0.6) is 0 Å². The fraction of sp³-hybridized carbons (Fsp3) is 0.104. The number of aryl methyl sites for hydroxylation is 1. The molecule has 0 bridgehead atoms. The monoisotopic (exact) mass is 685 g/mol. The standard InChI is InChI=1S/C48H35N3O2/c1-4-12-40-29(3)34-22-21-33(26-43(34)52-40)47-49-46(31-14-6-5-7-15-31)50-48(51-47)45-36(23-24-42-44(45)37-17-10-11-18-41(37)53-42)38-27-39-32(25-28(38)2)20-19-30-13-8-9-16-35(30)39/h4-24,26-28H,25H2,1-3H3/b12-4-. The highest BCUT2D eigenvalue weighted by Crippen LogP contribution is 2.45. The number of para-hydroxylation sites is 1. The summed E-state index contributed by atoms with van der Waals surface area (Å²) < 4.78 is 12.8.